The van der Waals surface area contributed by atoms with Crippen molar-refractivity contribution in [1.29, 1.82) is 0 Å². The van der Waals surface area contributed by atoms with Crippen molar-refractivity contribution < 1.29 is 0 Å². The lowest BCUT2D eigenvalue weighted by Gasteiger charge is -2.39. The Kier molecular flexibility index (Phi) is 4.74. The van der Waals surface area contributed by atoms with Crippen molar-refractivity contribution >= 4 is 0 Å². The molecular formula is C18H28N2. The number of hydrogen-bond acceptors (Lipinski definition) is 2. The number of likely N-dealkylation sites (tertiary alicyclic amines) is 1. The van der Waals surface area contributed by atoms with Crippen LogP contribution in [0.4, 0.5) is 0 Å². The minimum Gasteiger partial charge on any atom is -0.318 e. The summed E-state index contributed by atoms with van der Waals surface area (Å²) in [5.74, 6) is 0.761. The fraction of sp³-hybridized carbons (Fsp3) is 0.667. The second-order valence-electron chi connectivity index (χ2n) is 6.49. The zero-order valence-corrected chi connectivity index (χ0v) is 12.8. The average molecular weight is 272 g/mol. The largest absolute Gasteiger partial charge is 0.318 e. The Bertz CT molecular complexity index is 427. The predicted molar refractivity (Wildman–Crippen MR) is 85.3 cm³/mol. The van der Waals surface area contributed by atoms with E-state index in [-0.39, 0.29) is 0 Å². The lowest BCUT2D eigenvalue weighted by molar-refractivity contribution is 0.135. The zero-order valence-electron chi connectivity index (χ0n) is 12.8. The highest BCUT2D eigenvalue weighted by Crippen LogP contribution is 2.33. The summed E-state index contributed by atoms with van der Waals surface area (Å²) in [7, 11) is 2.09. The van der Waals surface area contributed by atoms with Crippen LogP contribution in [0.2, 0.25) is 0 Å². The molecule has 1 N–H and O–H groups in total. The Hall–Kier alpha value is -0.860. The van der Waals surface area contributed by atoms with E-state index < -0.39 is 0 Å². The smallest absolute Gasteiger partial charge is 0.0220 e. The standard InChI is InChI=1S/C18H28N2/c1-19-13-17-10-4-5-12-20(17)14-16-9-6-8-15-7-2-3-11-18(15)16/h2-3,7,11,16-17,19H,4-6,8-10,12-14H2,1H3. The number of rotatable bonds is 4. The average Bonchev–Trinajstić information content (AvgIpc) is 2.50. The molecule has 1 aromatic carbocycles. The van der Waals surface area contributed by atoms with Crippen LogP contribution < -0.4 is 5.32 Å². The van der Waals surface area contributed by atoms with Gasteiger partial charge in [-0.05, 0) is 62.7 Å². The normalized spacial score (nSPS) is 27.2. The van der Waals surface area contributed by atoms with Gasteiger partial charge in [0.2, 0.25) is 0 Å². The predicted octanol–water partition coefficient (Wildman–Crippen LogP) is 3.18. The summed E-state index contributed by atoms with van der Waals surface area (Å²) in [6, 6.07) is 9.88. The van der Waals surface area contributed by atoms with Crippen molar-refractivity contribution in [3.63, 3.8) is 0 Å². The first-order chi connectivity index (χ1) is 9.88. The van der Waals surface area contributed by atoms with Gasteiger partial charge in [0, 0.05) is 19.1 Å². The van der Waals surface area contributed by atoms with Gasteiger partial charge < -0.3 is 5.32 Å². The summed E-state index contributed by atoms with van der Waals surface area (Å²) in [6.07, 6.45) is 8.19. The Labute approximate surface area is 123 Å². The molecule has 0 amide bonds. The number of fused-ring (bicyclic) bond motifs is 1. The van der Waals surface area contributed by atoms with Gasteiger partial charge in [0.25, 0.3) is 0 Å². The van der Waals surface area contributed by atoms with E-state index >= 15 is 0 Å². The first kappa shape index (κ1) is 14.1. The minimum atomic E-state index is 0.753. The number of nitrogens with one attached hydrogen (secondary N) is 1. The first-order valence-electron chi connectivity index (χ1n) is 8.35. The number of benzene rings is 1. The third-order valence-corrected chi connectivity index (χ3v) is 5.14. The van der Waals surface area contributed by atoms with Gasteiger partial charge in [-0.15, -0.1) is 0 Å². The zero-order chi connectivity index (χ0) is 13.8. The van der Waals surface area contributed by atoms with Crippen LogP contribution in [0.15, 0.2) is 24.3 Å². The number of hydrogen-bond donors (Lipinski definition) is 1. The molecule has 0 bridgehead atoms. The van der Waals surface area contributed by atoms with E-state index in [1.165, 1.54) is 51.6 Å². The van der Waals surface area contributed by atoms with Crippen molar-refractivity contribution in [3.05, 3.63) is 35.4 Å². The molecule has 1 aromatic rings. The fourth-order valence-electron chi connectivity index (χ4n) is 4.09. The molecule has 1 saturated heterocycles. The van der Waals surface area contributed by atoms with E-state index in [0.717, 1.165) is 18.5 Å². The van der Waals surface area contributed by atoms with Crippen LogP contribution in [0.25, 0.3) is 0 Å². The lowest BCUT2D eigenvalue weighted by Crippen LogP contribution is -2.46. The highest BCUT2D eigenvalue weighted by Gasteiger charge is 2.27. The van der Waals surface area contributed by atoms with E-state index in [2.05, 4.69) is 41.5 Å². The van der Waals surface area contributed by atoms with E-state index in [0.29, 0.717) is 0 Å². The monoisotopic (exact) mass is 272 g/mol. The fourth-order valence-corrected chi connectivity index (χ4v) is 4.09. The van der Waals surface area contributed by atoms with Crippen LogP contribution >= 0.6 is 0 Å². The summed E-state index contributed by atoms with van der Waals surface area (Å²) in [5, 5.41) is 3.38. The van der Waals surface area contributed by atoms with Crippen LogP contribution in [0, 0.1) is 0 Å². The maximum absolute atomic E-state index is 3.38. The molecule has 110 valence electrons. The van der Waals surface area contributed by atoms with Gasteiger partial charge in [-0.2, -0.15) is 0 Å². The minimum absolute atomic E-state index is 0.753. The molecule has 1 aliphatic heterocycles. The molecule has 0 spiro atoms. The molecule has 2 nitrogen and oxygen atoms in total. The molecule has 1 heterocycles. The topological polar surface area (TPSA) is 15.3 Å². The maximum Gasteiger partial charge on any atom is 0.0220 e. The Balaban J connectivity index is 1.71. The molecule has 3 rings (SSSR count). The molecule has 1 fully saturated rings. The molecule has 2 heteroatoms. The summed E-state index contributed by atoms with van der Waals surface area (Å²) >= 11 is 0. The number of nitrogens with zero attached hydrogens (tertiary/aromatic N) is 1. The van der Waals surface area contributed by atoms with Crippen molar-refractivity contribution in [3.8, 4) is 0 Å². The second-order valence-corrected chi connectivity index (χ2v) is 6.49. The Morgan fingerprint density at radius 3 is 2.95 bits per heavy atom. The number of likely N-dealkylation sites (N-methyl/N-ethyl adjacent to an activating group) is 1. The molecule has 20 heavy (non-hydrogen) atoms. The Morgan fingerprint density at radius 1 is 1.15 bits per heavy atom. The van der Waals surface area contributed by atoms with E-state index in [1.807, 2.05) is 0 Å². The van der Waals surface area contributed by atoms with Gasteiger partial charge in [0.1, 0.15) is 0 Å². The maximum atomic E-state index is 3.38. The summed E-state index contributed by atoms with van der Waals surface area (Å²) < 4.78 is 0. The van der Waals surface area contributed by atoms with Crippen LogP contribution in [0.5, 0.6) is 0 Å². The van der Waals surface area contributed by atoms with Crippen LogP contribution in [-0.2, 0) is 6.42 Å². The lowest BCUT2D eigenvalue weighted by atomic mass is 9.82. The third-order valence-electron chi connectivity index (χ3n) is 5.14. The van der Waals surface area contributed by atoms with E-state index in [4.69, 9.17) is 0 Å². The molecule has 1 aliphatic carbocycles. The molecule has 2 unspecified atom stereocenters. The van der Waals surface area contributed by atoms with Gasteiger partial charge in [0.15, 0.2) is 0 Å². The van der Waals surface area contributed by atoms with Crippen LogP contribution in [0.3, 0.4) is 0 Å². The highest BCUT2D eigenvalue weighted by atomic mass is 15.2. The number of aryl methyl sites for hydroxylation is 1. The quantitative estimate of drug-likeness (QED) is 0.905. The summed E-state index contributed by atoms with van der Waals surface area (Å²) in [6.45, 7) is 3.71. The van der Waals surface area contributed by atoms with Crippen molar-refractivity contribution in [1.82, 2.24) is 10.2 Å². The van der Waals surface area contributed by atoms with Crippen LogP contribution in [-0.4, -0.2) is 37.6 Å². The molecule has 0 radical (unpaired) electrons. The third kappa shape index (κ3) is 3.07. The van der Waals surface area contributed by atoms with Crippen molar-refractivity contribution in [2.75, 3.05) is 26.7 Å². The molecule has 2 atom stereocenters. The van der Waals surface area contributed by atoms with Crippen molar-refractivity contribution in [2.45, 2.75) is 50.5 Å². The van der Waals surface area contributed by atoms with Gasteiger partial charge in [-0.25, -0.2) is 0 Å². The van der Waals surface area contributed by atoms with Crippen LogP contribution in [0.1, 0.15) is 49.1 Å². The molecule has 2 aliphatic rings. The van der Waals surface area contributed by atoms with Gasteiger partial charge in [0.05, 0.1) is 0 Å². The van der Waals surface area contributed by atoms with Crippen molar-refractivity contribution in [2.24, 2.45) is 0 Å². The SMILES string of the molecule is CNCC1CCCCN1CC1CCCc2ccccc21. The second kappa shape index (κ2) is 6.73. The molecule has 0 aromatic heterocycles. The van der Waals surface area contributed by atoms with Gasteiger partial charge in [-0.3, -0.25) is 4.90 Å². The van der Waals surface area contributed by atoms with E-state index in [1.54, 1.807) is 11.1 Å². The van der Waals surface area contributed by atoms with Gasteiger partial charge >= 0.3 is 0 Å². The number of piperidine rings is 1. The summed E-state index contributed by atoms with van der Waals surface area (Å²) in [5.41, 5.74) is 3.23. The highest BCUT2D eigenvalue weighted by molar-refractivity contribution is 5.32. The summed E-state index contributed by atoms with van der Waals surface area (Å²) in [4.78, 5) is 2.76. The van der Waals surface area contributed by atoms with Gasteiger partial charge in [-0.1, -0.05) is 30.7 Å². The molecule has 0 saturated carbocycles. The van der Waals surface area contributed by atoms with E-state index in [9.17, 15) is 0 Å². The first-order valence-corrected chi connectivity index (χ1v) is 8.35. The molecular weight excluding hydrogens is 244 g/mol. The Morgan fingerprint density at radius 2 is 2.05 bits per heavy atom.